The Hall–Kier alpha value is -0.370. The van der Waals surface area contributed by atoms with Gasteiger partial charge in [-0.15, -0.1) is 0 Å². The van der Waals surface area contributed by atoms with Gasteiger partial charge in [0.2, 0.25) is 0 Å². The molecule has 0 aromatic heterocycles. The molecule has 0 unspecified atom stereocenters. The summed E-state index contributed by atoms with van der Waals surface area (Å²) in [4.78, 5) is 10.3. The first-order valence-electron chi connectivity index (χ1n) is 4.16. The van der Waals surface area contributed by atoms with Crippen molar-refractivity contribution in [3.05, 3.63) is 0 Å². The lowest BCUT2D eigenvalue weighted by Crippen LogP contribution is -2.38. The Labute approximate surface area is 67.6 Å². The number of aldehydes is 1. The van der Waals surface area contributed by atoms with Gasteiger partial charge in [0.15, 0.2) is 0 Å². The SMILES string of the molecule is CC(C)(CO)C1CC(C=O)C1. The smallest absolute Gasteiger partial charge is 0.123 e. The van der Waals surface area contributed by atoms with Crippen LogP contribution in [0.1, 0.15) is 26.7 Å². The average Bonchev–Trinajstić information content (AvgIpc) is 1.85. The Morgan fingerprint density at radius 2 is 2.09 bits per heavy atom. The number of hydrogen-bond acceptors (Lipinski definition) is 2. The number of rotatable bonds is 3. The van der Waals surface area contributed by atoms with E-state index in [1.165, 1.54) is 0 Å². The van der Waals surface area contributed by atoms with E-state index in [2.05, 4.69) is 13.8 Å². The molecule has 0 radical (unpaired) electrons. The lowest BCUT2D eigenvalue weighted by Gasteiger charge is -2.42. The van der Waals surface area contributed by atoms with Crippen LogP contribution < -0.4 is 0 Å². The number of hydrogen-bond donors (Lipinski definition) is 1. The summed E-state index contributed by atoms with van der Waals surface area (Å²) in [6.45, 7) is 4.33. The molecule has 1 N–H and O–H groups in total. The Kier molecular flexibility index (Phi) is 2.33. The normalized spacial score (nSPS) is 31.2. The van der Waals surface area contributed by atoms with Crippen LogP contribution >= 0.6 is 0 Å². The van der Waals surface area contributed by atoms with Gasteiger partial charge in [-0.05, 0) is 24.2 Å². The minimum Gasteiger partial charge on any atom is -0.396 e. The predicted molar refractivity (Wildman–Crippen MR) is 43.1 cm³/mol. The summed E-state index contributed by atoms with van der Waals surface area (Å²) in [5.74, 6) is 0.813. The maximum Gasteiger partial charge on any atom is 0.123 e. The molecule has 0 atom stereocenters. The molecular formula is C9H16O2. The van der Waals surface area contributed by atoms with Crippen LogP contribution in [0.15, 0.2) is 0 Å². The first kappa shape index (κ1) is 8.72. The van der Waals surface area contributed by atoms with E-state index in [-0.39, 0.29) is 17.9 Å². The third kappa shape index (κ3) is 1.62. The van der Waals surface area contributed by atoms with Gasteiger partial charge in [-0.2, -0.15) is 0 Å². The van der Waals surface area contributed by atoms with Crippen LogP contribution in [0.25, 0.3) is 0 Å². The van der Waals surface area contributed by atoms with Gasteiger partial charge < -0.3 is 9.90 Å². The molecule has 11 heavy (non-hydrogen) atoms. The topological polar surface area (TPSA) is 37.3 Å². The van der Waals surface area contributed by atoms with Crippen LogP contribution in [0.5, 0.6) is 0 Å². The van der Waals surface area contributed by atoms with Crippen molar-refractivity contribution in [3.8, 4) is 0 Å². The first-order valence-corrected chi connectivity index (χ1v) is 4.16. The van der Waals surface area contributed by atoms with Gasteiger partial charge in [0.1, 0.15) is 6.29 Å². The number of carbonyl (C=O) groups is 1. The summed E-state index contributed by atoms with van der Waals surface area (Å²) in [6.07, 6.45) is 2.97. The third-order valence-corrected chi connectivity index (χ3v) is 2.88. The zero-order chi connectivity index (χ0) is 8.48. The summed E-state index contributed by atoms with van der Waals surface area (Å²) in [5, 5.41) is 9.00. The first-order chi connectivity index (χ1) is 5.10. The zero-order valence-electron chi connectivity index (χ0n) is 7.21. The fourth-order valence-corrected chi connectivity index (χ4v) is 1.54. The fourth-order valence-electron chi connectivity index (χ4n) is 1.54. The molecule has 0 amide bonds. The minimum atomic E-state index is 0.0134. The van der Waals surface area contributed by atoms with Crippen LogP contribution in [0.4, 0.5) is 0 Å². The molecule has 64 valence electrons. The largest absolute Gasteiger partial charge is 0.396 e. The van der Waals surface area contributed by atoms with E-state index in [1.54, 1.807) is 0 Å². The van der Waals surface area contributed by atoms with Gasteiger partial charge in [0.25, 0.3) is 0 Å². The minimum absolute atomic E-state index is 0.0134. The highest BCUT2D eigenvalue weighted by atomic mass is 16.3. The van der Waals surface area contributed by atoms with Crippen LogP contribution in [0, 0.1) is 17.3 Å². The molecule has 0 aliphatic heterocycles. The average molecular weight is 156 g/mol. The maximum atomic E-state index is 10.3. The van der Waals surface area contributed by atoms with Crippen LogP contribution in [-0.4, -0.2) is 18.0 Å². The van der Waals surface area contributed by atoms with E-state index in [4.69, 9.17) is 5.11 Å². The maximum absolute atomic E-state index is 10.3. The van der Waals surface area contributed by atoms with Crippen molar-refractivity contribution in [3.63, 3.8) is 0 Å². The third-order valence-electron chi connectivity index (χ3n) is 2.88. The Bertz CT molecular complexity index is 146. The summed E-state index contributed by atoms with van der Waals surface area (Å²) in [7, 11) is 0. The fraction of sp³-hybridized carbons (Fsp3) is 0.889. The van der Waals surface area contributed by atoms with Crippen LogP contribution in [0.3, 0.4) is 0 Å². The number of aliphatic hydroxyl groups is 1. The van der Waals surface area contributed by atoms with Gasteiger partial charge in [-0.25, -0.2) is 0 Å². The van der Waals surface area contributed by atoms with Gasteiger partial charge in [0, 0.05) is 12.5 Å². The molecule has 1 aliphatic rings. The van der Waals surface area contributed by atoms with Crippen molar-refractivity contribution in [2.45, 2.75) is 26.7 Å². The lowest BCUT2D eigenvalue weighted by atomic mass is 9.63. The van der Waals surface area contributed by atoms with Crippen molar-refractivity contribution in [2.75, 3.05) is 6.61 Å². The second kappa shape index (κ2) is 2.94. The highest BCUT2D eigenvalue weighted by Gasteiger charge is 2.39. The summed E-state index contributed by atoms with van der Waals surface area (Å²) < 4.78 is 0. The molecule has 0 spiro atoms. The molecule has 0 saturated heterocycles. The van der Waals surface area contributed by atoms with Crippen LogP contribution in [-0.2, 0) is 4.79 Å². The Morgan fingerprint density at radius 1 is 1.55 bits per heavy atom. The second-order valence-corrected chi connectivity index (χ2v) is 4.21. The van der Waals surface area contributed by atoms with Crippen molar-refractivity contribution in [2.24, 2.45) is 17.3 Å². The molecule has 0 aromatic rings. The standard InChI is InChI=1S/C9H16O2/c1-9(2,6-11)8-3-7(4-8)5-10/h5,7-8,11H,3-4,6H2,1-2H3. The Morgan fingerprint density at radius 3 is 2.45 bits per heavy atom. The lowest BCUT2D eigenvalue weighted by molar-refractivity contribution is -0.117. The van der Waals surface area contributed by atoms with Gasteiger partial charge >= 0.3 is 0 Å². The summed E-state index contributed by atoms with van der Waals surface area (Å²) in [5.41, 5.74) is 0.0134. The molecule has 1 rings (SSSR count). The predicted octanol–water partition coefficient (Wildman–Crippen LogP) is 1.23. The zero-order valence-corrected chi connectivity index (χ0v) is 7.21. The molecule has 2 heteroatoms. The highest BCUT2D eigenvalue weighted by Crippen LogP contribution is 2.44. The van der Waals surface area contributed by atoms with Crippen LogP contribution in [0.2, 0.25) is 0 Å². The van der Waals surface area contributed by atoms with Gasteiger partial charge in [0.05, 0.1) is 0 Å². The highest BCUT2D eigenvalue weighted by molar-refractivity contribution is 5.55. The van der Waals surface area contributed by atoms with E-state index in [0.29, 0.717) is 5.92 Å². The second-order valence-electron chi connectivity index (χ2n) is 4.21. The van der Waals surface area contributed by atoms with Crippen molar-refractivity contribution >= 4 is 6.29 Å². The van der Waals surface area contributed by atoms with Crippen molar-refractivity contribution in [1.82, 2.24) is 0 Å². The van der Waals surface area contributed by atoms with E-state index in [9.17, 15) is 4.79 Å². The van der Waals surface area contributed by atoms with Gasteiger partial charge in [-0.3, -0.25) is 0 Å². The molecular weight excluding hydrogens is 140 g/mol. The molecule has 1 aliphatic carbocycles. The number of carbonyl (C=O) groups excluding carboxylic acids is 1. The molecule has 0 heterocycles. The summed E-state index contributed by atoms with van der Waals surface area (Å²) in [6, 6.07) is 0. The van der Waals surface area contributed by atoms with E-state index in [1.807, 2.05) is 0 Å². The molecule has 1 fully saturated rings. The molecule has 1 saturated carbocycles. The quantitative estimate of drug-likeness (QED) is 0.624. The van der Waals surface area contributed by atoms with Gasteiger partial charge in [-0.1, -0.05) is 13.8 Å². The van der Waals surface area contributed by atoms with E-state index < -0.39 is 0 Å². The molecule has 0 bridgehead atoms. The monoisotopic (exact) mass is 156 g/mol. The summed E-state index contributed by atoms with van der Waals surface area (Å²) >= 11 is 0. The van der Waals surface area contributed by atoms with E-state index >= 15 is 0 Å². The Balaban J connectivity index is 2.36. The number of aliphatic hydroxyl groups excluding tert-OH is 1. The molecule has 0 aromatic carbocycles. The molecule has 2 nitrogen and oxygen atoms in total. The van der Waals surface area contributed by atoms with Crippen molar-refractivity contribution < 1.29 is 9.90 Å². The van der Waals surface area contributed by atoms with Crippen molar-refractivity contribution in [1.29, 1.82) is 0 Å². The van der Waals surface area contributed by atoms with E-state index in [0.717, 1.165) is 19.1 Å².